The zero-order valence-corrected chi connectivity index (χ0v) is 19.0. The number of fused-ring (bicyclic) bond motifs is 1. The summed E-state index contributed by atoms with van der Waals surface area (Å²) >= 11 is 0. The maximum atomic E-state index is 12.8. The van der Waals surface area contributed by atoms with Crippen molar-refractivity contribution in [3.05, 3.63) is 59.8 Å². The van der Waals surface area contributed by atoms with Crippen molar-refractivity contribution in [2.45, 2.75) is 19.3 Å². The van der Waals surface area contributed by atoms with Crippen molar-refractivity contribution < 1.29 is 32.2 Å². The number of halogens is 3. The molecule has 0 unspecified atom stereocenters. The molecule has 1 aliphatic rings. The van der Waals surface area contributed by atoms with Gasteiger partial charge >= 0.3 is 12.2 Å². The van der Waals surface area contributed by atoms with E-state index in [0.29, 0.717) is 32.1 Å². The third kappa shape index (κ3) is 5.86. The smallest absolute Gasteiger partial charge is 0.416 e. The number of aromatic nitrogens is 1. The van der Waals surface area contributed by atoms with Crippen LogP contribution in [0.1, 0.15) is 11.1 Å². The minimum atomic E-state index is -4.45. The fraction of sp³-hybridized carbons (Fsp3) is 0.333. The Morgan fingerprint density at radius 1 is 1.09 bits per heavy atom. The molecule has 1 aliphatic heterocycles. The van der Waals surface area contributed by atoms with E-state index in [9.17, 15) is 22.8 Å². The van der Waals surface area contributed by atoms with Gasteiger partial charge in [-0.1, -0.05) is 0 Å². The second-order valence-electron chi connectivity index (χ2n) is 8.04. The number of carbonyl (C=O) groups excluding carboxylic acids is 2. The quantitative estimate of drug-likeness (QED) is 0.550. The molecule has 3 aromatic rings. The molecular weight excluding hydrogens is 465 g/mol. The molecule has 0 radical (unpaired) electrons. The summed E-state index contributed by atoms with van der Waals surface area (Å²) in [5.74, 6) is 0.603. The zero-order chi connectivity index (χ0) is 25.0. The largest absolute Gasteiger partial charge is 0.497 e. The Morgan fingerprint density at radius 2 is 1.80 bits per heavy atom. The van der Waals surface area contributed by atoms with Crippen LogP contribution in [0.3, 0.4) is 0 Å². The molecule has 0 saturated carbocycles. The molecule has 2 heterocycles. The highest BCUT2D eigenvalue weighted by Gasteiger charge is 2.30. The van der Waals surface area contributed by atoms with Crippen molar-refractivity contribution in [1.29, 1.82) is 0 Å². The lowest BCUT2D eigenvalue weighted by molar-refractivity contribution is -0.137. The first kappa shape index (κ1) is 24.4. The Balaban J connectivity index is 1.46. The second-order valence-corrected chi connectivity index (χ2v) is 8.04. The molecule has 0 spiro atoms. The number of nitrogens with one attached hydrogen (secondary N) is 2. The maximum Gasteiger partial charge on any atom is 0.416 e. The van der Waals surface area contributed by atoms with Gasteiger partial charge in [0.15, 0.2) is 0 Å². The van der Waals surface area contributed by atoms with Crippen molar-refractivity contribution in [3.63, 3.8) is 0 Å². The van der Waals surface area contributed by atoms with Crippen LogP contribution in [0.4, 0.5) is 23.7 Å². The Morgan fingerprint density at radius 3 is 2.46 bits per heavy atom. The highest BCUT2D eigenvalue weighted by Crippen LogP contribution is 2.30. The van der Waals surface area contributed by atoms with E-state index in [1.54, 1.807) is 24.3 Å². The number of alkyl halides is 3. The molecule has 11 heteroatoms. The van der Waals surface area contributed by atoms with Gasteiger partial charge < -0.3 is 29.6 Å². The van der Waals surface area contributed by atoms with Crippen LogP contribution in [0.15, 0.2) is 48.7 Å². The average molecular weight is 490 g/mol. The van der Waals surface area contributed by atoms with Crippen molar-refractivity contribution in [2.24, 2.45) is 0 Å². The highest BCUT2D eigenvalue weighted by atomic mass is 19.4. The number of nitrogens with zero attached hydrogens (tertiary/aromatic N) is 2. The number of ether oxygens (including phenoxy) is 2. The Kier molecular flexibility index (Phi) is 7.15. The molecule has 0 bridgehead atoms. The first-order chi connectivity index (χ1) is 16.7. The van der Waals surface area contributed by atoms with E-state index in [-0.39, 0.29) is 24.7 Å². The summed E-state index contributed by atoms with van der Waals surface area (Å²) in [5.41, 5.74) is 1.01. The molecule has 0 aliphatic carbocycles. The van der Waals surface area contributed by atoms with Crippen LogP contribution >= 0.6 is 0 Å². The molecule has 3 amide bonds. The Labute approximate surface area is 199 Å². The fourth-order valence-electron chi connectivity index (χ4n) is 3.90. The zero-order valence-electron chi connectivity index (χ0n) is 19.0. The van der Waals surface area contributed by atoms with Crippen LogP contribution in [0.25, 0.3) is 10.9 Å². The van der Waals surface area contributed by atoms with Gasteiger partial charge in [-0.3, -0.25) is 4.79 Å². The first-order valence-corrected chi connectivity index (χ1v) is 11.0. The van der Waals surface area contributed by atoms with Gasteiger partial charge in [-0.05, 0) is 48.0 Å². The average Bonchev–Trinajstić information content (AvgIpc) is 3.19. The fourth-order valence-corrected chi connectivity index (χ4v) is 3.90. The predicted octanol–water partition coefficient (Wildman–Crippen LogP) is 3.85. The van der Waals surface area contributed by atoms with E-state index < -0.39 is 17.8 Å². The number of anilines is 1. The number of methoxy groups -OCH3 is 1. The summed E-state index contributed by atoms with van der Waals surface area (Å²) in [6.07, 6.45) is -2.64. The van der Waals surface area contributed by atoms with E-state index in [1.165, 1.54) is 12.1 Å². The number of benzene rings is 2. The SMILES string of the molecule is COc1ccc2c(c1)c(CNC(=O)Nc1ccc(C(F)(F)F)cc1)cn2CC(=O)N1CCOCC1. The van der Waals surface area contributed by atoms with Crippen molar-refractivity contribution in [3.8, 4) is 5.75 Å². The molecule has 2 N–H and O–H groups in total. The lowest BCUT2D eigenvalue weighted by Gasteiger charge is -2.27. The Hall–Kier alpha value is -3.73. The molecule has 2 aromatic carbocycles. The Bertz CT molecular complexity index is 1200. The molecule has 0 atom stereocenters. The molecular formula is C24H25F3N4O4. The first-order valence-electron chi connectivity index (χ1n) is 11.0. The molecule has 4 rings (SSSR count). The van der Waals surface area contributed by atoms with E-state index >= 15 is 0 Å². The molecule has 1 aromatic heterocycles. The summed E-state index contributed by atoms with van der Waals surface area (Å²) < 4.78 is 50.6. The summed E-state index contributed by atoms with van der Waals surface area (Å²) in [7, 11) is 1.55. The highest BCUT2D eigenvalue weighted by molar-refractivity contribution is 5.91. The predicted molar refractivity (Wildman–Crippen MR) is 123 cm³/mol. The normalized spacial score (nSPS) is 14.1. The van der Waals surface area contributed by atoms with Crippen LogP contribution < -0.4 is 15.4 Å². The monoisotopic (exact) mass is 490 g/mol. The standard InChI is InChI=1S/C24H25F3N4O4/c1-34-19-6-7-21-20(12-19)16(14-31(21)15-22(32)30-8-10-35-11-9-30)13-28-23(33)29-18-4-2-17(3-5-18)24(25,26)27/h2-7,12,14H,8-11,13,15H2,1H3,(H2,28,29,33). The summed E-state index contributed by atoms with van der Waals surface area (Å²) in [4.78, 5) is 26.9. The molecule has 8 nitrogen and oxygen atoms in total. The molecule has 1 saturated heterocycles. The van der Waals surface area contributed by atoms with Gasteiger partial charge in [-0.25, -0.2) is 4.79 Å². The number of rotatable bonds is 6. The van der Waals surface area contributed by atoms with Gasteiger partial charge in [0.25, 0.3) is 0 Å². The number of amides is 3. The lowest BCUT2D eigenvalue weighted by atomic mass is 10.1. The topological polar surface area (TPSA) is 84.8 Å². The summed E-state index contributed by atoms with van der Waals surface area (Å²) in [6.45, 7) is 2.39. The van der Waals surface area contributed by atoms with Crippen molar-refractivity contribution >= 4 is 28.5 Å². The van der Waals surface area contributed by atoms with Gasteiger partial charge in [0.2, 0.25) is 5.91 Å². The van der Waals surface area contributed by atoms with Gasteiger partial charge in [0.05, 0.1) is 25.9 Å². The number of morpholine rings is 1. The van der Waals surface area contributed by atoms with Crippen molar-refractivity contribution in [1.82, 2.24) is 14.8 Å². The molecule has 1 fully saturated rings. The van der Waals surface area contributed by atoms with Gasteiger partial charge in [0, 0.05) is 42.4 Å². The molecule has 35 heavy (non-hydrogen) atoms. The van der Waals surface area contributed by atoms with Gasteiger partial charge in [-0.2, -0.15) is 13.2 Å². The van der Waals surface area contributed by atoms with E-state index in [2.05, 4.69) is 10.6 Å². The van der Waals surface area contributed by atoms with E-state index in [4.69, 9.17) is 9.47 Å². The number of carbonyl (C=O) groups is 2. The third-order valence-electron chi connectivity index (χ3n) is 5.75. The van der Waals surface area contributed by atoms with Gasteiger partial charge in [-0.15, -0.1) is 0 Å². The second kappa shape index (κ2) is 10.3. The maximum absolute atomic E-state index is 12.8. The van der Waals surface area contributed by atoms with Crippen LogP contribution in [0, 0.1) is 0 Å². The van der Waals surface area contributed by atoms with Gasteiger partial charge in [0.1, 0.15) is 12.3 Å². The minimum Gasteiger partial charge on any atom is -0.497 e. The van der Waals surface area contributed by atoms with Crippen LogP contribution in [0.2, 0.25) is 0 Å². The number of hydrogen-bond acceptors (Lipinski definition) is 4. The summed E-state index contributed by atoms with van der Waals surface area (Å²) in [6, 6.07) is 9.10. The lowest BCUT2D eigenvalue weighted by Crippen LogP contribution is -2.42. The van der Waals surface area contributed by atoms with E-state index in [0.717, 1.165) is 28.6 Å². The van der Waals surface area contributed by atoms with Crippen molar-refractivity contribution in [2.75, 3.05) is 38.7 Å². The number of hydrogen-bond donors (Lipinski definition) is 2. The summed E-state index contributed by atoms with van der Waals surface area (Å²) in [5, 5.41) is 6.05. The van der Waals surface area contributed by atoms with Crippen LogP contribution in [-0.2, 0) is 28.8 Å². The molecule has 186 valence electrons. The third-order valence-corrected chi connectivity index (χ3v) is 5.75. The van der Waals surface area contributed by atoms with Crippen LogP contribution in [-0.4, -0.2) is 54.8 Å². The van der Waals surface area contributed by atoms with E-state index in [1.807, 2.05) is 16.7 Å². The van der Waals surface area contributed by atoms with Crippen LogP contribution in [0.5, 0.6) is 5.75 Å². The minimum absolute atomic E-state index is 0.0272. The number of urea groups is 1.